The number of nitrogens with two attached hydrogens (primary N) is 1. The van der Waals surface area contributed by atoms with Crippen molar-refractivity contribution in [1.82, 2.24) is 4.90 Å². The summed E-state index contributed by atoms with van der Waals surface area (Å²) in [5, 5.41) is 9.09. The Morgan fingerprint density at radius 2 is 1.78 bits per heavy atom. The normalized spacial score (nSPS) is 12.0. The maximum Gasteiger partial charge on any atom is 0.244 e. The molecular formula is C19H24N2O2. The fraction of sp³-hybridized carbons (Fsp3) is 0.316. The summed E-state index contributed by atoms with van der Waals surface area (Å²) in [5.41, 5.74) is 9.18. The van der Waals surface area contributed by atoms with E-state index in [2.05, 4.69) is 0 Å². The van der Waals surface area contributed by atoms with Crippen LogP contribution in [0.1, 0.15) is 29.2 Å². The van der Waals surface area contributed by atoms with Crippen LogP contribution in [0.4, 0.5) is 0 Å². The van der Waals surface area contributed by atoms with Gasteiger partial charge in [-0.25, -0.2) is 0 Å². The summed E-state index contributed by atoms with van der Waals surface area (Å²) in [7, 11) is 0. The second-order valence-corrected chi connectivity index (χ2v) is 5.71. The zero-order chi connectivity index (χ0) is 16.7. The van der Waals surface area contributed by atoms with Crippen LogP contribution in [0.25, 0.3) is 0 Å². The van der Waals surface area contributed by atoms with Gasteiger partial charge in [0.1, 0.15) is 6.04 Å². The van der Waals surface area contributed by atoms with Gasteiger partial charge in [0.05, 0.1) is 0 Å². The first-order valence-electron chi connectivity index (χ1n) is 7.87. The van der Waals surface area contributed by atoms with Gasteiger partial charge in [-0.05, 0) is 24.5 Å². The molecule has 0 aliphatic heterocycles. The number of hydrogen-bond acceptors (Lipinski definition) is 3. The van der Waals surface area contributed by atoms with Crippen LogP contribution in [0, 0.1) is 6.92 Å². The predicted molar refractivity (Wildman–Crippen MR) is 91.7 cm³/mol. The topological polar surface area (TPSA) is 66.6 Å². The van der Waals surface area contributed by atoms with Crippen molar-refractivity contribution in [2.45, 2.75) is 25.9 Å². The monoisotopic (exact) mass is 312 g/mol. The molecule has 122 valence electrons. The Kier molecular flexibility index (Phi) is 6.32. The molecule has 0 aliphatic rings. The van der Waals surface area contributed by atoms with Crippen LogP contribution < -0.4 is 5.73 Å². The molecule has 1 atom stereocenters. The van der Waals surface area contributed by atoms with Crippen LogP contribution >= 0.6 is 0 Å². The van der Waals surface area contributed by atoms with E-state index in [4.69, 9.17) is 10.8 Å². The predicted octanol–water partition coefficient (Wildman–Crippen LogP) is 2.41. The van der Waals surface area contributed by atoms with Gasteiger partial charge in [-0.15, -0.1) is 0 Å². The van der Waals surface area contributed by atoms with Crippen LogP contribution in [-0.2, 0) is 11.3 Å². The van der Waals surface area contributed by atoms with Gasteiger partial charge in [-0.3, -0.25) is 4.79 Å². The number of aryl methyl sites for hydroxylation is 1. The molecule has 0 bridgehead atoms. The average molecular weight is 312 g/mol. The summed E-state index contributed by atoms with van der Waals surface area (Å²) in [5.74, 6) is -0.120. The first kappa shape index (κ1) is 17.2. The van der Waals surface area contributed by atoms with Gasteiger partial charge in [-0.1, -0.05) is 60.2 Å². The Bertz CT molecular complexity index is 611. The largest absolute Gasteiger partial charge is 0.396 e. The van der Waals surface area contributed by atoms with Gasteiger partial charge in [0.25, 0.3) is 0 Å². The maximum absolute atomic E-state index is 12.7. The molecule has 0 radical (unpaired) electrons. The van der Waals surface area contributed by atoms with Gasteiger partial charge < -0.3 is 15.7 Å². The number of aliphatic hydroxyl groups is 1. The van der Waals surface area contributed by atoms with Crippen molar-refractivity contribution in [1.29, 1.82) is 0 Å². The number of aliphatic hydroxyl groups excluding tert-OH is 1. The number of nitrogens with zero attached hydrogens (tertiary/aromatic N) is 1. The minimum absolute atomic E-state index is 0.0538. The molecule has 2 aromatic carbocycles. The lowest BCUT2D eigenvalue weighted by Crippen LogP contribution is -2.39. The summed E-state index contributed by atoms with van der Waals surface area (Å²) in [4.78, 5) is 14.5. The van der Waals surface area contributed by atoms with Crippen molar-refractivity contribution < 1.29 is 9.90 Å². The Hall–Kier alpha value is -2.17. The molecule has 0 spiro atoms. The van der Waals surface area contributed by atoms with Crippen LogP contribution in [0.3, 0.4) is 0 Å². The summed E-state index contributed by atoms with van der Waals surface area (Å²) >= 11 is 0. The number of hydrogen-bond donors (Lipinski definition) is 2. The van der Waals surface area contributed by atoms with E-state index in [0.29, 0.717) is 19.5 Å². The molecule has 0 fully saturated rings. The molecular weight excluding hydrogens is 288 g/mol. The highest BCUT2D eigenvalue weighted by Gasteiger charge is 2.22. The first-order chi connectivity index (χ1) is 11.1. The Morgan fingerprint density at radius 1 is 1.13 bits per heavy atom. The molecule has 0 aliphatic carbocycles. The van der Waals surface area contributed by atoms with Crippen LogP contribution in [0.15, 0.2) is 54.6 Å². The molecule has 23 heavy (non-hydrogen) atoms. The zero-order valence-corrected chi connectivity index (χ0v) is 13.5. The molecule has 0 saturated carbocycles. The molecule has 4 heteroatoms. The fourth-order valence-corrected chi connectivity index (χ4v) is 2.44. The lowest BCUT2D eigenvalue weighted by Gasteiger charge is -2.26. The first-order valence-corrected chi connectivity index (χ1v) is 7.87. The summed E-state index contributed by atoms with van der Waals surface area (Å²) in [6, 6.07) is 16.8. The Labute approximate surface area is 137 Å². The molecule has 1 amide bonds. The minimum atomic E-state index is -0.680. The van der Waals surface area contributed by atoms with Gasteiger partial charge in [0.2, 0.25) is 5.91 Å². The molecule has 1 unspecified atom stereocenters. The zero-order valence-electron chi connectivity index (χ0n) is 13.5. The number of rotatable bonds is 7. The minimum Gasteiger partial charge on any atom is -0.396 e. The number of carbonyl (C=O) groups excluding carboxylic acids is 1. The second kappa shape index (κ2) is 8.46. The summed E-state index contributed by atoms with van der Waals surface area (Å²) in [6.07, 6.45) is 0.541. The molecule has 0 heterocycles. The summed E-state index contributed by atoms with van der Waals surface area (Å²) in [6.45, 7) is 3.07. The number of amides is 1. The number of carbonyl (C=O) groups is 1. The van der Waals surface area contributed by atoms with Crippen molar-refractivity contribution >= 4 is 5.91 Å². The smallest absolute Gasteiger partial charge is 0.244 e. The molecule has 0 saturated heterocycles. The molecule has 0 aromatic heterocycles. The standard InChI is InChI=1S/C19H24N2O2/c1-15-8-10-16(11-9-15)14-21(12-5-13-22)19(23)18(20)17-6-3-2-4-7-17/h2-4,6-11,18,22H,5,12-14,20H2,1H3. The van der Waals surface area contributed by atoms with Crippen molar-refractivity contribution in [2.24, 2.45) is 5.73 Å². The van der Waals surface area contributed by atoms with E-state index >= 15 is 0 Å². The van der Waals surface area contributed by atoms with E-state index in [-0.39, 0.29) is 12.5 Å². The molecule has 4 nitrogen and oxygen atoms in total. The highest BCUT2D eigenvalue weighted by Crippen LogP contribution is 2.16. The van der Waals surface area contributed by atoms with Crippen LogP contribution in [-0.4, -0.2) is 29.1 Å². The van der Waals surface area contributed by atoms with E-state index in [9.17, 15) is 4.79 Å². The quantitative estimate of drug-likeness (QED) is 0.825. The third-order valence-electron chi connectivity index (χ3n) is 3.82. The lowest BCUT2D eigenvalue weighted by atomic mass is 10.1. The van der Waals surface area contributed by atoms with E-state index in [1.54, 1.807) is 4.90 Å². The number of benzene rings is 2. The van der Waals surface area contributed by atoms with Crippen molar-refractivity contribution in [3.05, 3.63) is 71.3 Å². The van der Waals surface area contributed by atoms with E-state index in [1.165, 1.54) is 5.56 Å². The van der Waals surface area contributed by atoms with Crippen molar-refractivity contribution in [3.8, 4) is 0 Å². The SMILES string of the molecule is Cc1ccc(CN(CCCO)C(=O)C(N)c2ccccc2)cc1. The van der Waals surface area contributed by atoms with Crippen molar-refractivity contribution in [2.75, 3.05) is 13.2 Å². The maximum atomic E-state index is 12.7. The fourth-order valence-electron chi connectivity index (χ4n) is 2.44. The van der Waals surface area contributed by atoms with E-state index in [1.807, 2.05) is 61.5 Å². The average Bonchev–Trinajstić information content (AvgIpc) is 2.59. The van der Waals surface area contributed by atoms with Gasteiger partial charge in [0, 0.05) is 19.7 Å². The Balaban J connectivity index is 2.13. The Morgan fingerprint density at radius 3 is 2.39 bits per heavy atom. The van der Waals surface area contributed by atoms with Crippen molar-refractivity contribution in [3.63, 3.8) is 0 Å². The molecule has 3 N–H and O–H groups in total. The third kappa shape index (κ3) is 4.91. The van der Waals surface area contributed by atoms with Crippen LogP contribution in [0.2, 0.25) is 0 Å². The third-order valence-corrected chi connectivity index (χ3v) is 3.82. The lowest BCUT2D eigenvalue weighted by molar-refractivity contribution is -0.133. The highest BCUT2D eigenvalue weighted by atomic mass is 16.3. The van der Waals surface area contributed by atoms with Gasteiger partial charge >= 0.3 is 0 Å². The van der Waals surface area contributed by atoms with E-state index in [0.717, 1.165) is 11.1 Å². The molecule has 2 aromatic rings. The van der Waals surface area contributed by atoms with Gasteiger partial charge in [0.15, 0.2) is 0 Å². The molecule has 2 rings (SSSR count). The van der Waals surface area contributed by atoms with Gasteiger partial charge in [-0.2, -0.15) is 0 Å². The second-order valence-electron chi connectivity index (χ2n) is 5.71. The van der Waals surface area contributed by atoms with Crippen LogP contribution in [0.5, 0.6) is 0 Å². The highest BCUT2D eigenvalue weighted by molar-refractivity contribution is 5.83. The summed E-state index contributed by atoms with van der Waals surface area (Å²) < 4.78 is 0. The van der Waals surface area contributed by atoms with E-state index < -0.39 is 6.04 Å².